The molecule has 1 atom stereocenters. The Morgan fingerprint density at radius 1 is 0.842 bits per heavy atom. The highest BCUT2D eigenvalue weighted by molar-refractivity contribution is 5.97. The Kier molecular flexibility index (Phi) is 1.59. The lowest BCUT2D eigenvalue weighted by molar-refractivity contribution is 1.07. The van der Waals surface area contributed by atoms with Gasteiger partial charge in [-0.05, 0) is 39.0 Å². The standard InChI is InChI=1S/C19H12/c1-2-6-15-14(5-1)16-7-3-4-12-8-9-13-10-11-17(15)19(16)18(12)13/h1-11,16H. The maximum absolute atomic E-state index is 2.34. The largest absolute Gasteiger partial charge is 0.0726 e. The predicted molar refractivity (Wildman–Crippen MR) is 79.9 cm³/mol. The summed E-state index contributed by atoms with van der Waals surface area (Å²) in [6.45, 7) is 0. The van der Waals surface area contributed by atoms with Gasteiger partial charge in [-0.2, -0.15) is 0 Å². The molecule has 0 saturated heterocycles. The SMILES string of the molecule is C1=CC2c3ccccc3-c3ccc4c(c32)C(=C1)C=C4. The van der Waals surface area contributed by atoms with E-state index in [1.165, 1.54) is 39.0 Å². The number of fused-ring (bicyclic) bond motifs is 3. The first kappa shape index (κ1) is 9.57. The minimum Gasteiger partial charge on any atom is -0.0726 e. The molecule has 0 heterocycles. The molecule has 0 N–H and O–H groups in total. The number of allylic oxidation sites excluding steroid dienone is 5. The summed E-state index contributed by atoms with van der Waals surface area (Å²) < 4.78 is 0. The molecule has 5 rings (SSSR count). The maximum atomic E-state index is 2.34. The van der Waals surface area contributed by atoms with E-state index in [9.17, 15) is 0 Å². The van der Waals surface area contributed by atoms with E-state index in [1.54, 1.807) is 0 Å². The molecule has 0 nitrogen and oxygen atoms in total. The second-order valence-electron chi connectivity index (χ2n) is 5.40. The molecule has 0 bridgehead atoms. The molecule has 3 aliphatic carbocycles. The normalized spacial score (nSPS) is 20.0. The zero-order chi connectivity index (χ0) is 12.4. The summed E-state index contributed by atoms with van der Waals surface area (Å²) >= 11 is 0. The van der Waals surface area contributed by atoms with E-state index in [-0.39, 0.29) is 0 Å². The van der Waals surface area contributed by atoms with Crippen LogP contribution in [0.3, 0.4) is 0 Å². The molecule has 0 fully saturated rings. The molecule has 2 aromatic rings. The molecule has 0 spiro atoms. The first-order chi connectivity index (χ1) is 9.43. The van der Waals surface area contributed by atoms with Gasteiger partial charge in [0.15, 0.2) is 0 Å². The summed E-state index contributed by atoms with van der Waals surface area (Å²) in [5.74, 6) is 0.426. The van der Waals surface area contributed by atoms with Crippen LogP contribution >= 0.6 is 0 Å². The van der Waals surface area contributed by atoms with Gasteiger partial charge in [-0.3, -0.25) is 0 Å². The van der Waals surface area contributed by atoms with Gasteiger partial charge in [-0.1, -0.05) is 66.8 Å². The Hall–Kier alpha value is -2.34. The Balaban J connectivity index is 1.97. The fraction of sp³-hybridized carbons (Fsp3) is 0.0526. The topological polar surface area (TPSA) is 0 Å². The molecule has 0 heteroatoms. The van der Waals surface area contributed by atoms with Crippen LogP contribution in [0, 0.1) is 0 Å². The van der Waals surface area contributed by atoms with Crippen LogP contribution in [0.1, 0.15) is 28.2 Å². The number of hydrogen-bond acceptors (Lipinski definition) is 0. The van der Waals surface area contributed by atoms with E-state index in [4.69, 9.17) is 0 Å². The van der Waals surface area contributed by atoms with E-state index in [0.29, 0.717) is 5.92 Å². The highest BCUT2D eigenvalue weighted by atomic mass is 14.3. The van der Waals surface area contributed by atoms with Gasteiger partial charge in [0, 0.05) is 5.92 Å². The van der Waals surface area contributed by atoms with E-state index >= 15 is 0 Å². The van der Waals surface area contributed by atoms with Crippen molar-refractivity contribution in [3.63, 3.8) is 0 Å². The second-order valence-corrected chi connectivity index (χ2v) is 5.40. The van der Waals surface area contributed by atoms with Crippen LogP contribution in [-0.2, 0) is 0 Å². The van der Waals surface area contributed by atoms with Gasteiger partial charge in [0.1, 0.15) is 0 Å². The Labute approximate surface area is 112 Å². The fourth-order valence-corrected chi connectivity index (χ4v) is 3.70. The molecule has 19 heavy (non-hydrogen) atoms. The number of hydrogen-bond donors (Lipinski definition) is 0. The molecule has 0 aliphatic heterocycles. The first-order valence-electron chi connectivity index (χ1n) is 6.76. The molecular formula is C19H12. The Morgan fingerprint density at radius 2 is 1.79 bits per heavy atom. The van der Waals surface area contributed by atoms with Crippen molar-refractivity contribution in [3.05, 3.63) is 83.0 Å². The van der Waals surface area contributed by atoms with Crippen LogP contribution < -0.4 is 0 Å². The van der Waals surface area contributed by atoms with Gasteiger partial charge >= 0.3 is 0 Å². The van der Waals surface area contributed by atoms with Gasteiger partial charge in [-0.25, -0.2) is 0 Å². The van der Waals surface area contributed by atoms with E-state index < -0.39 is 0 Å². The van der Waals surface area contributed by atoms with Crippen molar-refractivity contribution in [2.45, 2.75) is 5.92 Å². The fourth-order valence-electron chi connectivity index (χ4n) is 3.70. The average molecular weight is 240 g/mol. The van der Waals surface area contributed by atoms with Crippen LogP contribution in [0.4, 0.5) is 0 Å². The van der Waals surface area contributed by atoms with Crippen LogP contribution in [0.25, 0.3) is 22.8 Å². The zero-order valence-electron chi connectivity index (χ0n) is 10.4. The van der Waals surface area contributed by atoms with Crippen LogP contribution in [0.2, 0.25) is 0 Å². The lowest BCUT2D eigenvalue weighted by atomic mass is 9.90. The highest BCUT2D eigenvalue weighted by Crippen LogP contribution is 2.51. The summed E-state index contributed by atoms with van der Waals surface area (Å²) in [4.78, 5) is 0. The minimum atomic E-state index is 0.426. The molecule has 3 aliphatic rings. The lowest BCUT2D eigenvalue weighted by Crippen LogP contribution is -1.96. The first-order valence-corrected chi connectivity index (χ1v) is 6.76. The summed E-state index contributed by atoms with van der Waals surface area (Å²) in [5, 5.41) is 0. The molecule has 0 aromatic heterocycles. The van der Waals surface area contributed by atoms with Crippen LogP contribution in [-0.4, -0.2) is 0 Å². The summed E-state index contributed by atoms with van der Waals surface area (Å²) in [7, 11) is 0. The highest BCUT2D eigenvalue weighted by Gasteiger charge is 2.32. The smallest absolute Gasteiger partial charge is 0.0291 e. The van der Waals surface area contributed by atoms with E-state index in [2.05, 4.69) is 66.8 Å². The van der Waals surface area contributed by atoms with Crippen LogP contribution in [0.15, 0.2) is 60.7 Å². The third kappa shape index (κ3) is 1.05. The summed E-state index contributed by atoms with van der Waals surface area (Å²) in [6.07, 6.45) is 11.3. The molecule has 88 valence electrons. The van der Waals surface area contributed by atoms with Crippen molar-refractivity contribution in [3.8, 4) is 11.1 Å². The number of rotatable bonds is 0. The third-order valence-corrected chi connectivity index (χ3v) is 4.49. The number of benzene rings is 2. The Morgan fingerprint density at radius 3 is 2.79 bits per heavy atom. The van der Waals surface area contributed by atoms with Crippen molar-refractivity contribution in [1.82, 2.24) is 0 Å². The molecule has 2 aromatic carbocycles. The lowest BCUT2D eigenvalue weighted by Gasteiger charge is -2.12. The molecule has 1 unspecified atom stereocenters. The molecular weight excluding hydrogens is 228 g/mol. The van der Waals surface area contributed by atoms with Gasteiger partial charge in [0.25, 0.3) is 0 Å². The van der Waals surface area contributed by atoms with Gasteiger partial charge in [-0.15, -0.1) is 0 Å². The third-order valence-electron chi connectivity index (χ3n) is 4.49. The van der Waals surface area contributed by atoms with Crippen molar-refractivity contribution in [2.24, 2.45) is 0 Å². The summed E-state index contributed by atoms with van der Waals surface area (Å²) in [6, 6.07) is 13.4. The molecule has 0 saturated carbocycles. The van der Waals surface area contributed by atoms with Gasteiger partial charge in [0.05, 0.1) is 0 Å². The van der Waals surface area contributed by atoms with Crippen LogP contribution in [0.5, 0.6) is 0 Å². The minimum absolute atomic E-state index is 0.426. The zero-order valence-corrected chi connectivity index (χ0v) is 10.4. The second kappa shape index (κ2) is 3.16. The monoisotopic (exact) mass is 240 g/mol. The van der Waals surface area contributed by atoms with Crippen molar-refractivity contribution in [2.75, 3.05) is 0 Å². The molecule has 0 radical (unpaired) electrons. The van der Waals surface area contributed by atoms with Gasteiger partial charge < -0.3 is 0 Å². The van der Waals surface area contributed by atoms with Gasteiger partial charge in [0.2, 0.25) is 0 Å². The van der Waals surface area contributed by atoms with E-state index in [0.717, 1.165) is 0 Å². The maximum Gasteiger partial charge on any atom is 0.0291 e. The quantitative estimate of drug-likeness (QED) is 0.621. The van der Waals surface area contributed by atoms with E-state index in [1.807, 2.05) is 0 Å². The van der Waals surface area contributed by atoms with Crippen molar-refractivity contribution < 1.29 is 0 Å². The average Bonchev–Trinajstić information content (AvgIpc) is 2.93. The van der Waals surface area contributed by atoms with Crippen molar-refractivity contribution in [1.29, 1.82) is 0 Å². The Bertz CT molecular complexity index is 816. The summed E-state index contributed by atoms with van der Waals surface area (Å²) in [5.41, 5.74) is 9.95. The predicted octanol–water partition coefficient (Wildman–Crippen LogP) is 4.78. The van der Waals surface area contributed by atoms with Crippen molar-refractivity contribution >= 4 is 11.6 Å². The molecule has 0 amide bonds.